The third-order valence-corrected chi connectivity index (χ3v) is 4.60. The summed E-state index contributed by atoms with van der Waals surface area (Å²) in [7, 11) is 0. The van der Waals surface area contributed by atoms with Crippen molar-refractivity contribution in [3.63, 3.8) is 0 Å². The van der Waals surface area contributed by atoms with Crippen molar-refractivity contribution in [2.45, 2.75) is 20.3 Å². The Morgan fingerprint density at radius 3 is 2.82 bits per heavy atom. The monoisotopic (exact) mass is 415 g/mol. The molecule has 0 aliphatic rings. The Bertz CT molecular complexity index is 1200. The van der Waals surface area contributed by atoms with E-state index in [9.17, 15) is 4.79 Å². The third kappa shape index (κ3) is 3.58. The fraction of sp³-hybridized carbons (Fsp3) is 0.158. The standard InChI is InChI=1S/C19H15Cl2N5O2/c1-10-3-4-16-13(5-10)15(25-28-16)8-18(27)23-17-6-11(2)24-26(17)19-14(21)7-12(20)9-22-19/h3-7,9H,8H2,1-2H3,(H,23,27). The number of fused-ring (bicyclic) bond motifs is 1. The van der Waals surface area contributed by atoms with Crippen molar-refractivity contribution >= 4 is 45.9 Å². The van der Waals surface area contributed by atoms with E-state index in [0.717, 1.165) is 10.9 Å². The Kier molecular flexibility index (Phi) is 4.78. The summed E-state index contributed by atoms with van der Waals surface area (Å²) in [5.41, 5.74) is 2.98. The SMILES string of the molecule is Cc1ccc2onc(CC(=O)Nc3cc(C)nn3-c3ncc(Cl)cc3Cl)c2c1. The molecule has 7 nitrogen and oxygen atoms in total. The van der Waals surface area contributed by atoms with Crippen molar-refractivity contribution in [2.75, 3.05) is 5.32 Å². The van der Waals surface area contributed by atoms with Gasteiger partial charge in [0.15, 0.2) is 11.4 Å². The van der Waals surface area contributed by atoms with Gasteiger partial charge < -0.3 is 9.84 Å². The summed E-state index contributed by atoms with van der Waals surface area (Å²) >= 11 is 12.1. The van der Waals surface area contributed by atoms with Crippen molar-refractivity contribution in [3.05, 3.63) is 63.5 Å². The highest BCUT2D eigenvalue weighted by Crippen LogP contribution is 2.25. The van der Waals surface area contributed by atoms with E-state index in [1.54, 1.807) is 12.1 Å². The zero-order valence-electron chi connectivity index (χ0n) is 15.0. The second-order valence-electron chi connectivity index (χ2n) is 6.40. The lowest BCUT2D eigenvalue weighted by molar-refractivity contribution is -0.115. The molecular formula is C19H15Cl2N5O2. The molecule has 0 aliphatic heterocycles. The molecule has 3 aromatic heterocycles. The Morgan fingerprint density at radius 1 is 1.21 bits per heavy atom. The summed E-state index contributed by atoms with van der Waals surface area (Å²) in [6.45, 7) is 3.78. The lowest BCUT2D eigenvalue weighted by atomic mass is 10.1. The number of hydrogen-bond donors (Lipinski definition) is 1. The quantitative estimate of drug-likeness (QED) is 0.529. The normalized spacial score (nSPS) is 11.1. The maximum atomic E-state index is 12.6. The Labute approximate surface area is 170 Å². The summed E-state index contributed by atoms with van der Waals surface area (Å²) in [6, 6.07) is 9.01. The molecule has 0 fully saturated rings. The molecule has 0 saturated heterocycles. The molecule has 0 saturated carbocycles. The number of anilines is 1. The van der Waals surface area contributed by atoms with Crippen molar-refractivity contribution < 1.29 is 9.32 Å². The molecule has 0 spiro atoms. The van der Waals surface area contributed by atoms with E-state index in [0.29, 0.717) is 38.7 Å². The van der Waals surface area contributed by atoms with Crippen molar-refractivity contribution in [3.8, 4) is 5.82 Å². The number of benzene rings is 1. The number of hydrogen-bond acceptors (Lipinski definition) is 5. The number of halogens is 2. The topological polar surface area (TPSA) is 85.8 Å². The predicted octanol–water partition coefficient (Wildman–Crippen LogP) is 4.51. The van der Waals surface area contributed by atoms with Crippen LogP contribution in [0.25, 0.3) is 16.8 Å². The number of carbonyl (C=O) groups excluding carboxylic acids is 1. The van der Waals surface area contributed by atoms with E-state index < -0.39 is 0 Å². The first-order valence-corrected chi connectivity index (χ1v) is 9.19. The minimum absolute atomic E-state index is 0.0580. The fourth-order valence-electron chi connectivity index (χ4n) is 2.88. The molecule has 4 rings (SSSR count). The zero-order valence-corrected chi connectivity index (χ0v) is 16.5. The van der Waals surface area contributed by atoms with E-state index in [1.165, 1.54) is 10.9 Å². The first kappa shape index (κ1) is 18.5. The van der Waals surface area contributed by atoms with Gasteiger partial charge in [-0.05, 0) is 32.0 Å². The van der Waals surface area contributed by atoms with E-state index in [1.807, 2.05) is 32.0 Å². The predicted molar refractivity (Wildman–Crippen MR) is 107 cm³/mol. The van der Waals surface area contributed by atoms with Crippen LogP contribution in [0.15, 0.2) is 41.1 Å². The van der Waals surface area contributed by atoms with Crippen LogP contribution in [0.3, 0.4) is 0 Å². The highest BCUT2D eigenvalue weighted by molar-refractivity contribution is 6.35. The molecule has 1 amide bonds. The van der Waals surface area contributed by atoms with Crippen LogP contribution in [-0.4, -0.2) is 25.8 Å². The fourth-order valence-corrected chi connectivity index (χ4v) is 3.34. The van der Waals surface area contributed by atoms with Crippen LogP contribution in [-0.2, 0) is 11.2 Å². The van der Waals surface area contributed by atoms with Gasteiger partial charge in [-0.25, -0.2) is 4.98 Å². The number of aromatic nitrogens is 4. The van der Waals surface area contributed by atoms with Gasteiger partial charge >= 0.3 is 0 Å². The van der Waals surface area contributed by atoms with Crippen LogP contribution in [0.5, 0.6) is 0 Å². The molecule has 28 heavy (non-hydrogen) atoms. The highest BCUT2D eigenvalue weighted by Gasteiger charge is 2.17. The van der Waals surface area contributed by atoms with Crippen molar-refractivity contribution in [1.29, 1.82) is 0 Å². The average Bonchev–Trinajstić information content (AvgIpc) is 3.18. The van der Waals surface area contributed by atoms with E-state index >= 15 is 0 Å². The lowest BCUT2D eigenvalue weighted by Crippen LogP contribution is -2.18. The molecule has 4 aromatic rings. The van der Waals surface area contributed by atoms with Crippen molar-refractivity contribution in [1.82, 2.24) is 19.9 Å². The number of carbonyl (C=O) groups is 1. The Balaban J connectivity index is 1.60. The average molecular weight is 416 g/mol. The van der Waals surface area contributed by atoms with Gasteiger partial charge in [-0.1, -0.05) is 40.0 Å². The van der Waals surface area contributed by atoms with Gasteiger partial charge in [0.05, 0.1) is 22.2 Å². The van der Waals surface area contributed by atoms with Gasteiger partial charge in [0.25, 0.3) is 0 Å². The molecule has 0 aliphatic carbocycles. The second kappa shape index (κ2) is 7.26. The molecule has 3 heterocycles. The molecule has 142 valence electrons. The summed E-state index contributed by atoms with van der Waals surface area (Å²) in [6.07, 6.45) is 1.53. The summed E-state index contributed by atoms with van der Waals surface area (Å²) < 4.78 is 6.76. The van der Waals surface area contributed by atoms with Crippen molar-refractivity contribution in [2.24, 2.45) is 0 Å². The van der Waals surface area contributed by atoms with Gasteiger partial charge in [-0.15, -0.1) is 0 Å². The van der Waals surface area contributed by atoms with Crippen LogP contribution in [0.1, 0.15) is 17.0 Å². The van der Waals surface area contributed by atoms with Crippen LogP contribution in [0.4, 0.5) is 5.82 Å². The maximum absolute atomic E-state index is 12.6. The van der Waals surface area contributed by atoms with E-state index in [-0.39, 0.29) is 12.3 Å². The summed E-state index contributed by atoms with van der Waals surface area (Å²) in [4.78, 5) is 16.8. The molecular weight excluding hydrogens is 401 g/mol. The number of nitrogens with one attached hydrogen (secondary N) is 1. The number of nitrogens with zero attached hydrogens (tertiary/aromatic N) is 4. The summed E-state index contributed by atoms with van der Waals surface area (Å²) in [5.74, 6) is 0.558. The number of pyridine rings is 1. The molecule has 0 radical (unpaired) electrons. The second-order valence-corrected chi connectivity index (χ2v) is 7.24. The van der Waals surface area contributed by atoms with Crippen LogP contribution >= 0.6 is 23.2 Å². The van der Waals surface area contributed by atoms with Gasteiger partial charge in [0.2, 0.25) is 5.91 Å². The minimum Gasteiger partial charge on any atom is -0.356 e. The lowest BCUT2D eigenvalue weighted by Gasteiger charge is -2.09. The Hall–Kier alpha value is -2.90. The van der Waals surface area contributed by atoms with Gasteiger partial charge in [-0.2, -0.15) is 9.78 Å². The van der Waals surface area contributed by atoms with E-state index in [4.69, 9.17) is 27.7 Å². The number of amides is 1. The van der Waals surface area contributed by atoms with Gasteiger partial charge in [0, 0.05) is 17.6 Å². The maximum Gasteiger partial charge on any atom is 0.231 e. The molecule has 9 heteroatoms. The first-order chi connectivity index (χ1) is 13.4. The molecule has 0 unspecified atom stereocenters. The smallest absolute Gasteiger partial charge is 0.231 e. The largest absolute Gasteiger partial charge is 0.356 e. The number of aryl methyl sites for hydroxylation is 2. The molecule has 1 N–H and O–H groups in total. The molecule has 0 bridgehead atoms. The third-order valence-electron chi connectivity index (χ3n) is 4.12. The molecule has 0 atom stereocenters. The summed E-state index contributed by atoms with van der Waals surface area (Å²) in [5, 5.41) is 12.8. The van der Waals surface area contributed by atoms with Gasteiger partial charge in [0.1, 0.15) is 11.5 Å². The number of rotatable bonds is 4. The first-order valence-electron chi connectivity index (χ1n) is 8.43. The minimum atomic E-state index is -0.261. The molecule has 1 aromatic carbocycles. The van der Waals surface area contributed by atoms with Crippen LogP contribution in [0, 0.1) is 13.8 Å². The zero-order chi connectivity index (χ0) is 19.8. The van der Waals surface area contributed by atoms with Crippen LogP contribution in [0.2, 0.25) is 10.0 Å². The Morgan fingerprint density at radius 2 is 2.04 bits per heavy atom. The van der Waals surface area contributed by atoms with Crippen LogP contribution < -0.4 is 5.32 Å². The highest BCUT2D eigenvalue weighted by atomic mass is 35.5. The van der Waals surface area contributed by atoms with Gasteiger partial charge in [-0.3, -0.25) is 4.79 Å². The van der Waals surface area contributed by atoms with E-state index in [2.05, 4.69) is 20.6 Å².